The van der Waals surface area contributed by atoms with Crippen LogP contribution in [0.25, 0.3) is 0 Å². The standard InChI is InChI=1S/C10H14.C9H18N2O3/c1-8(2)10-6-4-9(3)5-7-10;1-5(2)7(8(10)12)11-9(13)14-6(3)4/h4-8H,1-3H3;5-7H,1-4H3,(H2,10,12)(H,11,13)/t;7-/m.1/s1. The molecule has 0 radical (unpaired) electrons. The van der Waals surface area contributed by atoms with E-state index in [1.807, 2.05) is 0 Å². The van der Waals surface area contributed by atoms with Gasteiger partial charge in [0.2, 0.25) is 5.91 Å². The van der Waals surface area contributed by atoms with Gasteiger partial charge in [0.1, 0.15) is 6.04 Å². The third-order valence-corrected chi connectivity index (χ3v) is 3.33. The maximum absolute atomic E-state index is 11.1. The Morgan fingerprint density at radius 3 is 1.83 bits per heavy atom. The maximum Gasteiger partial charge on any atom is 0.408 e. The summed E-state index contributed by atoms with van der Waals surface area (Å²) >= 11 is 0. The molecule has 1 rings (SSSR count). The summed E-state index contributed by atoms with van der Waals surface area (Å²) in [5, 5.41) is 2.41. The molecule has 0 unspecified atom stereocenters. The van der Waals surface area contributed by atoms with E-state index in [9.17, 15) is 9.59 Å². The van der Waals surface area contributed by atoms with Crippen molar-refractivity contribution in [3.05, 3.63) is 35.4 Å². The van der Waals surface area contributed by atoms with Crippen LogP contribution in [0.15, 0.2) is 24.3 Å². The van der Waals surface area contributed by atoms with Crippen molar-refractivity contribution in [1.29, 1.82) is 0 Å². The molecular weight excluding hydrogens is 304 g/mol. The maximum atomic E-state index is 11.1. The summed E-state index contributed by atoms with van der Waals surface area (Å²) in [6.07, 6.45) is -0.826. The highest BCUT2D eigenvalue weighted by Gasteiger charge is 2.22. The topological polar surface area (TPSA) is 81.4 Å². The molecule has 3 N–H and O–H groups in total. The largest absolute Gasteiger partial charge is 0.447 e. The molecule has 0 aliphatic rings. The Labute approximate surface area is 146 Å². The van der Waals surface area contributed by atoms with Crippen LogP contribution in [0.2, 0.25) is 0 Å². The number of benzene rings is 1. The molecule has 1 aromatic rings. The first-order chi connectivity index (χ1) is 11.0. The Bertz CT molecular complexity index is 508. The molecule has 0 heterocycles. The smallest absolute Gasteiger partial charge is 0.408 e. The minimum Gasteiger partial charge on any atom is -0.447 e. The van der Waals surface area contributed by atoms with E-state index in [1.54, 1.807) is 27.7 Å². The number of hydrogen-bond acceptors (Lipinski definition) is 3. The molecule has 5 nitrogen and oxygen atoms in total. The van der Waals surface area contributed by atoms with Gasteiger partial charge in [-0.1, -0.05) is 57.5 Å². The molecule has 0 spiro atoms. The summed E-state index contributed by atoms with van der Waals surface area (Å²) in [6, 6.07) is 8.03. The Balaban J connectivity index is 0.000000463. The number of hydrogen-bond donors (Lipinski definition) is 2. The van der Waals surface area contributed by atoms with Crippen molar-refractivity contribution in [2.45, 2.75) is 66.5 Å². The minimum atomic E-state index is -0.679. The van der Waals surface area contributed by atoms with Crippen LogP contribution in [-0.2, 0) is 9.53 Å². The van der Waals surface area contributed by atoms with Gasteiger partial charge >= 0.3 is 6.09 Å². The van der Waals surface area contributed by atoms with Gasteiger partial charge < -0.3 is 15.8 Å². The third-order valence-electron chi connectivity index (χ3n) is 3.33. The Kier molecular flexibility index (Phi) is 9.77. The lowest BCUT2D eigenvalue weighted by atomic mass is 10.0. The lowest BCUT2D eigenvalue weighted by Gasteiger charge is -2.19. The molecule has 1 aromatic carbocycles. The zero-order valence-corrected chi connectivity index (χ0v) is 15.9. The molecule has 136 valence electrons. The van der Waals surface area contributed by atoms with Crippen LogP contribution in [0.5, 0.6) is 0 Å². The average Bonchev–Trinajstić information content (AvgIpc) is 2.44. The Morgan fingerprint density at radius 2 is 1.50 bits per heavy atom. The van der Waals surface area contributed by atoms with Crippen LogP contribution in [-0.4, -0.2) is 24.1 Å². The first kappa shape index (κ1) is 22.0. The molecule has 0 saturated carbocycles. The Morgan fingerprint density at radius 1 is 1.00 bits per heavy atom. The van der Waals surface area contributed by atoms with E-state index in [2.05, 4.69) is 50.4 Å². The predicted octanol–water partition coefficient (Wildman–Crippen LogP) is 3.75. The van der Waals surface area contributed by atoms with Crippen molar-refractivity contribution in [1.82, 2.24) is 5.32 Å². The van der Waals surface area contributed by atoms with Gasteiger partial charge in [-0.2, -0.15) is 0 Å². The van der Waals surface area contributed by atoms with Crippen molar-refractivity contribution in [2.75, 3.05) is 0 Å². The van der Waals surface area contributed by atoms with Crippen molar-refractivity contribution < 1.29 is 14.3 Å². The average molecular weight is 336 g/mol. The van der Waals surface area contributed by atoms with Gasteiger partial charge in [0.15, 0.2) is 0 Å². The van der Waals surface area contributed by atoms with Crippen LogP contribution in [0.4, 0.5) is 4.79 Å². The molecule has 5 heteroatoms. The molecule has 0 aliphatic carbocycles. The normalized spacial score (nSPS) is 11.8. The van der Waals surface area contributed by atoms with Crippen molar-refractivity contribution >= 4 is 12.0 Å². The number of amides is 2. The second-order valence-electron chi connectivity index (χ2n) is 6.79. The second kappa shape index (κ2) is 10.7. The lowest BCUT2D eigenvalue weighted by Crippen LogP contribution is -2.48. The lowest BCUT2D eigenvalue weighted by molar-refractivity contribution is -0.120. The first-order valence-corrected chi connectivity index (χ1v) is 8.37. The summed E-state index contributed by atoms with van der Waals surface area (Å²) in [6.45, 7) is 13.6. The fraction of sp³-hybridized carbons (Fsp3) is 0.579. The van der Waals surface area contributed by atoms with E-state index in [-0.39, 0.29) is 12.0 Å². The molecule has 24 heavy (non-hydrogen) atoms. The highest BCUT2D eigenvalue weighted by Crippen LogP contribution is 2.13. The number of primary amides is 1. The fourth-order valence-corrected chi connectivity index (χ4v) is 1.89. The van der Waals surface area contributed by atoms with E-state index >= 15 is 0 Å². The predicted molar refractivity (Wildman–Crippen MR) is 97.8 cm³/mol. The molecular formula is C19H32N2O3. The van der Waals surface area contributed by atoms with Crippen LogP contribution < -0.4 is 11.1 Å². The highest BCUT2D eigenvalue weighted by molar-refractivity contribution is 5.84. The van der Waals surface area contributed by atoms with E-state index in [0.29, 0.717) is 5.92 Å². The molecule has 0 fully saturated rings. The quantitative estimate of drug-likeness (QED) is 0.859. The molecule has 0 bridgehead atoms. The minimum absolute atomic E-state index is 0.0489. The van der Waals surface area contributed by atoms with E-state index in [4.69, 9.17) is 10.5 Å². The second-order valence-corrected chi connectivity index (χ2v) is 6.79. The number of carbonyl (C=O) groups is 2. The van der Waals surface area contributed by atoms with E-state index in [1.165, 1.54) is 11.1 Å². The molecule has 0 aromatic heterocycles. The molecule has 1 atom stereocenters. The summed E-state index contributed by atoms with van der Waals surface area (Å²) < 4.78 is 4.82. The van der Waals surface area contributed by atoms with E-state index in [0.717, 1.165) is 0 Å². The zero-order valence-electron chi connectivity index (χ0n) is 15.9. The monoisotopic (exact) mass is 336 g/mol. The number of rotatable bonds is 5. The summed E-state index contributed by atoms with van der Waals surface area (Å²) in [7, 11) is 0. The van der Waals surface area contributed by atoms with E-state index < -0.39 is 18.0 Å². The van der Waals surface area contributed by atoms with Crippen LogP contribution >= 0.6 is 0 Å². The van der Waals surface area contributed by atoms with Gasteiger partial charge in [0, 0.05) is 0 Å². The summed E-state index contributed by atoms with van der Waals surface area (Å²) in [5.41, 5.74) is 7.87. The van der Waals surface area contributed by atoms with Gasteiger partial charge in [0.25, 0.3) is 0 Å². The number of alkyl carbamates (subject to hydrolysis) is 1. The number of ether oxygens (including phenoxy) is 1. The van der Waals surface area contributed by atoms with Gasteiger partial charge in [-0.05, 0) is 38.2 Å². The number of aryl methyl sites for hydroxylation is 1. The third kappa shape index (κ3) is 9.18. The number of nitrogens with two attached hydrogens (primary N) is 1. The number of carbonyl (C=O) groups excluding carboxylic acids is 2. The fourth-order valence-electron chi connectivity index (χ4n) is 1.89. The SMILES string of the molecule is CC(C)OC(=O)N[C@@H](C(N)=O)C(C)C.Cc1ccc(C(C)C)cc1. The van der Waals surface area contributed by atoms with Crippen LogP contribution in [0, 0.1) is 12.8 Å². The molecule has 2 amide bonds. The molecule has 0 saturated heterocycles. The van der Waals surface area contributed by atoms with Crippen molar-refractivity contribution in [3.8, 4) is 0 Å². The van der Waals surface area contributed by atoms with Gasteiger partial charge in [0.05, 0.1) is 6.10 Å². The van der Waals surface area contributed by atoms with Crippen molar-refractivity contribution in [3.63, 3.8) is 0 Å². The van der Waals surface area contributed by atoms with Crippen molar-refractivity contribution in [2.24, 2.45) is 11.7 Å². The zero-order chi connectivity index (χ0) is 18.9. The highest BCUT2D eigenvalue weighted by atomic mass is 16.6. The first-order valence-electron chi connectivity index (χ1n) is 8.37. The van der Waals surface area contributed by atoms with Gasteiger partial charge in [-0.3, -0.25) is 4.79 Å². The Hall–Kier alpha value is -2.04. The van der Waals surface area contributed by atoms with Gasteiger partial charge in [-0.15, -0.1) is 0 Å². The van der Waals surface area contributed by atoms with Gasteiger partial charge in [-0.25, -0.2) is 4.79 Å². The number of nitrogens with one attached hydrogen (secondary N) is 1. The molecule has 0 aliphatic heterocycles. The summed E-state index contributed by atoms with van der Waals surface area (Å²) in [4.78, 5) is 22.0. The summed E-state index contributed by atoms with van der Waals surface area (Å²) in [5.74, 6) is 0.0496. The van der Waals surface area contributed by atoms with Crippen LogP contribution in [0.1, 0.15) is 58.6 Å². The van der Waals surface area contributed by atoms with Crippen LogP contribution in [0.3, 0.4) is 0 Å².